The first-order chi connectivity index (χ1) is 16.1. The van der Waals surface area contributed by atoms with Crippen LogP contribution in [0.2, 0.25) is 0 Å². The molecule has 0 saturated heterocycles. The number of benzene rings is 3. The summed E-state index contributed by atoms with van der Waals surface area (Å²) in [5, 5.41) is 0. The van der Waals surface area contributed by atoms with Crippen molar-refractivity contribution in [2.45, 2.75) is 19.8 Å². The van der Waals surface area contributed by atoms with Gasteiger partial charge in [0.15, 0.2) is 0 Å². The van der Waals surface area contributed by atoms with Gasteiger partial charge in [-0.3, -0.25) is 13.7 Å². The second kappa shape index (κ2) is 12.2. The molecule has 0 amide bonds. The Kier molecular flexibility index (Phi) is 9.61. The molecule has 0 spiro atoms. The fraction of sp³-hybridized carbons (Fsp3) is 0.217. The summed E-state index contributed by atoms with van der Waals surface area (Å²) in [6.45, 7) is -0.543. The molecule has 2 unspecified atom stereocenters. The Hall–Kier alpha value is -1.85. The van der Waals surface area contributed by atoms with Crippen LogP contribution in [0.3, 0.4) is 0 Å². The van der Waals surface area contributed by atoms with Gasteiger partial charge in [0.1, 0.15) is 11.8 Å². The quantitative estimate of drug-likeness (QED) is 0.254. The third kappa shape index (κ3) is 9.42. The Balaban J connectivity index is 1.71. The summed E-state index contributed by atoms with van der Waals surface area (Å²) in [4.78, 5) is 20.8. The fourth-order valence-corrected chi connectivity index (χ4v) is 10.9. The van der Waals surface area contributed by atoms with Gasteiger partial charge in [-0.2, -0.15) is 0 Å². The normalized spacial score (nSPS) is 16.8. The van der Waals surface area contributed by atoms with Crippen molar-refractivity contribution in [3.63, 3.8) is 0 Å². The van der Waals surface area contributed by atoms with E-state index in [0.29, 0.717) is 16.7 Å². The van der Waals surface area contributed by atoms with Gasteiger partial charge in [-0.05, 0) is 16.7 Å². The lowest BCUT2D eigenvalue weighted by Gasteiger charge is -2.23. The van der Waals surface area contributed by atoms with Crippen LogP contribution in [0.15, 0.2) is 91.0 Å². The zero-order valence-electron chi connectivity index (χ0n) is 18.4. The Bertz CT molecular complexity index is 1100. The van der Waals surface area contributed by atoms with E-state index >= 15 is 0 Å². The zero-order valence-corrected chi connectivity index (χ0v) is 21.1. The van der Waals surface area contributed by atoms with Gasteiger partial charge in [0, 0.05) is 0 Å². The maximum absolute atomic E-state index is 13.6. The van der Waals surface area contributed by atoms with Crippen LogP contribution >= 0.6 is 22.6 Å². The van der Waals surface area contributed by atoms with Crippen LogP contribution in [0, 0.1) is 0 Å². The summed E-state index contributed by atoms with van der Waals surface area (Å²) < 4.78 is 54.9. The Morgan fingerprint density at radius 1 is 0.500 bits per heavy atom. The predicted molar refractivity (Wildman–Crippen MR) is 131 cm³/mol. The van der Waals surface area contributed by atoms with Gasteiger partial charge in [0.05, 0.1) is 19.8 Å². The minimum Gasteiger partial charge on any atom is -0.324 e. The van der Waals surface area contributed by atoms with Crippen LogP contribution in [0.25, 0.3) is 0 Å². The minimum atomic E-state index is -4.44. The van der Waals surface area contributed by atoms with Gasteiger partial charge in [-0.25, -0.2) is 0 Å². The smallest absolute Gasteiger partial charge is 0.324 e. The van der Waals surface area contributed by atoms with Crippen LogP contribution in [0.5, 0.6) is 0 Å². The summed E-state index contributed by atoms with van der Waals surface area (Å²) in [6.07, 6.45) is 0. The molecule has 0 aliphatic heterocycles. The Morgan fingerprint density at radius 3 is 1.12 bits per heavy atom. The monoisotopic (exact) mass is 524 g/mol. The fourth-order valence-electron chi connectivity index (χ4n) is 3.02. The minimum absolute atomic E-state index is 0.171. The van der Waals surface area contributed by atoms with Gasteiger partial charge in [-0.1, -0.05) is 91.0 Å². The molecule has 0 fully saturated rings. The molecule has 0 bridgehead atoms. The molecule has 2 N–H and O–H groups in total. The third-order valence-electron chi connectivity index (χ3n) is 4.65. The summed E-state index contributed by atoms with van der Waals surface area (Å²) in [7, 11) is -13.0. The molecular formula is C23H27O8P3. The van der Waals surface area contributed by atoms with E-state index in [4.69, 9.17) is 13.6 Å². The van der Waals surface area contributed by atoms with Crippen molar-refractivity contribution in [3.8, 4) is 0 Å². The van der Waals surface area contributed by atoms with E-state index in [9.17, 15) is 23.5 Å². The van der Waals surface area contributed by atoms with Gasteiger partial charge < -0.3 is 23.4 Å². The SMILES string of the molecule is O=P(O)(CP(=O)(CP(=O)(O)OCc1ccccc1)OCc1ccccc1)OCc1ccccc1. The molecule has 3 rings (SSSR count). The van der Waals surface area contributed by atoms with Crippen molar-refractivity contribution >= 4 is 22.6 Å². The maximum atomic E-state index is 13.6. The van der Waals surface area contributed by atoms with Crippen molar-refractivity contribution in [1.82, 2.24) is 0 Å². The second-order valence-corrected chi connectivity index (χ2v) is 14.9. The molecule has 0 aliphatic carbocycles. The number of hydrogen-bond acceptors (Lipinski definition) is 6. The average Bonchev–Trinajstić information content (AvgIpc) is 2.82. The molecule has 3 aromatic rings. The molecule has 182 valence electrons. The maximum Gasteiger partial charge on any atom is 0.338 e. The van der Waals surface area contributed by atoms with Crippen molar-refractivity contribution in [3.05, 3.63) is 108 Å². The first kappa shape index (κ1) is 26.7. The van der Waals surface area contributed by atoms with Crippen molar-refractivity contribution in [2.75, 3.05) is 11.8 Å². The van der Waals surface area contributed by atoms with Crippen molar-refractivity contribution in [2.24, 2.45) is 0 Å². The molecule has 2 atom stereocenters. The van der Waals surface area contributed by atoms with Crippen LogP contribution in [-0.4, -0.2) is 21.6 Å². The highest BCUT2D eigenvalue weighted by atomic mass is 31.3. The van der Waals surface area contributed by atoms with E-state index in [0.717, 1.165) is 0 Å². The lowest BCUT2D eigenvalue weighted by molar-refractivity contribution is 0.247. The molecule has 0 radical (unpaired) electrons. The molecule has 0 heterocycles. The molecule has 0 saturated carbocycles. The van der Waals surface area contributed by atoms with Crippen LogP contribution < -0.4 is 0 Å². The molecule has 3 aromatic carbocycles. The van der Waals surface area contributed by atoms with E-state index in [2.05, 4.69) is 0 Å². The molecule has 0 aromatic heterocycles. The number of hydrogen-bond donors (Lipinski definition) is 2. The largest absolute Gasteiger partial charge is 0.338 e. The van der Waals surface area contributed by atoms with E-state index in [1.165, 1.54) is 0 Å². The van der Waals surface area contributed by atoms with Crippen molar-refractivity contribution < 1.29 is 37.1 Å². The van der Waals surface area contributed by atoms with Crippen LogP contribution in [0.1, 0.15) is 16.7 Å². The van der Waals surface area contributed by atoms with Crippen LogP contribution in [-0.2, 0) is 47.1 Å². The highest BCUT2D eigenvalue weighted by Gasteiger charge is 2.41. The second-order valence-electron chi connectivity index (χ2n) is 7.65. The summed E-state index contributed by atoms with van der Waals surface area (Å²) in [5.74, 6) is -1.84. The third-order valence-corrected chi connectivity index (χ3v) is 12.6. The van der Waals surface area contributed by atoms with Gasteiger partial charge in [0.25, 0.3) is 0 Å². The molecule has 34 heavy (non-hydrogen) atoms. The first-order valence-corrected chi connectivity index (χ1v) is 15.9. The summed E-state index contributed by atoms with van der Waals surface area (Å²) >= 11 is 0. The summed E-state index contributed by atoms with van der Waals surface area (Å²) in [5.41, 5.74) is 1.95. The van der Waals surface area contributed by atoms with E-state index in [1.54, 1.807) is 91.0 Å². The van der Waals surface area contributed by atoms with E-state index in [-0.39, 0.29) is 19.8 Å². The van der Waals surface area contributed by atoms with Gasteiger partial charge in [0.2, 0.25) is 7.37 Å². The van der Waals surface area contributed by atoms with Gasteiger partial charge in [-0.15, -0.1) is 0 Å². The van der Waals surface area contributed by atoms with Crippen molar-refractivity contribution in [1.29, 1.82) is 0 Å². The standard InChI is InChI=1S/C23H27O8P3/c24-32(29-16-21-10-4-1-5-11-21,19-33(25,26)30-17-22-12-6-2-7-13-22)20-34(27,28)31-18-23-14-8-3-9-15-23/h1-15H,16-20H2,(H,25,26)(H,27,28). The Morgan fingerprint density at radius 2 is 0.794 bits per heavy atom. The molecule has 0 aliphatic rings. The van der Waals surface area contributed by atoms with E-state index < -0.39 is 34.4 Å². The first-order valence-electron chi connectivity index (χ1n) is 10.4. The lowest BCUT2D eigenvalue weighted by Crippen LogP contribution is -2.06. The number of rotatable bonds is 13. The van der Waals surface area contributed by atoms with E-state index in [1.807, 2.05) is 0 Å². The molecule has 11 heteroatoms. The van der Waals surface area contributed by atoms with Gasteiger partial charge >= 0.3 is 15.2 Å². The molecular weight excluding hydrogens is 497 g/mol. The molecule has 8 nitrogen and oxygen atoms in total. The zero-order chi connectivity index (χ0) is 24.5. The summed E-state index contributed by atoms with van der Waals surface area (Å²) in [6, 6.07) is 26.2. The lowest BCUT2D eigenvalue weighted by atomic mass is 10.2. The highest BCUT2D eigenvalue weighted by Crippen LogP contribution is 2.68. The van der Waals surface area contributed by atoms with Crippen LogP contribution in [0.4, 0.5) is 0 Å². The Labute approximate surface area is 199 Å². The topological polar surface area (TPSA) is 119 Å². The highest BCUT2D eigenvalue weighted by molar-refractivity contribution is 7.80. The average molecular weight is 524 g/mol. The predicted octanol–water partition coefficient (Wildman–Crippen LogP) is 6.20.